The summed E-state index contributed by atoms with van der Waals surface area (Å²) >= 11 is 0. The lowest BCUT2D eigenvalue weighted by Gasteiger charge is -2.40. The molecule has 4 nitrogen and oxygen atoms in total. The average Bonchev–Trinajstić information content (AvgIpc) is 3.08. The van der Waals surface area contributed by atoms with Gasteiger partial charge in [-0.1, -0.05) is 43.7 Å². The van der Waals surface area contributed by atoms with Crippen molar-refractivity contribution in [2.24, 2.45) is 0 Å². The second-order valence-electron chi connectivity index (χ2n) is 7.71. The Balaban J connectivity index is 1.66. The Labute approximate surface area is 172 Å². The first-order valence-corrected chi connectivity index (χ1v) is 11.3. The third-order valence-electron chi connectivity index (χ3n) is 5.13. The maximum absolute atomic E-state index is 12.9. The zero-order valence-corrected chi connectivity index (χ0v) is 17.4. The topological polar surface area (TPSA) is 44.4 Å². The Bertz CT molecular complexity index is 915. The largest absolute Gasteiger partial charge is 0.378 e. The summed E-state index contributed by atoms with van der Waals surface area (Å²) in [6, 6.07) is 10.1. The smallest absolute Gasteiger partial charge is 0.310 e. The first kappa shape index (κ1) is 22.4. The quantitative estimate of drug-likeness (QED) is 0.622. The van der Waals surface area contributed by atoms with Gasteiger partial charge in [-0.25, -0.2) is 0 Å². The summed E-state index contributed by atoms with van der Waals surface area (Å²) in [5.74, 6) is -0.521. The summed E-state index contributed by atoms with van der Waals surface area (Å²) in [6.07, 6.45) is 0.167. The molecular weight excluding hydrogens is 425 g/mol. The number of rotatable bonds is 6. The number of carbonyl (C=O) groups excluding carboxylic acids is 1. The van der Waals surface area contributed by atoms with Crippen LogP contribution in [0, 0.1) is 0 Å². The molecule has 2 atom stereocenters. The van der Waals surface area contributed by atoms with Crippen molar-refractivity contribution in [1.82, 2.24) is 10.6 Å². The van der Waals surface area contributed by atoms with E-state index < -0.39 is 15.1 Å². The summed E-state index contributed by atoms with van der Waals surface area (Å²) in [5.41, 5.74) is 2.31. The van der Waals surface area contributed by atoms with Gasteiger partial charge in [0.05, 0.1) is 6.42 Å². The highest BCUT2D eigenvalue weighted by molar-refractivity contribution is 8.45. The van der Waals surface area contributed by atoms with Crippen LogP contribution in [0.25, 0.3) is 0 Å². The molecule has 1 heterocycles. The number of hydrogen-bond donors (Lipinski definition) is 2. The van der Waals surface area contributed by atoms with Crippen molar-refractivity contribution in [2.45, 2.75) is 23.3 Å². The van der Waals surface area contributed by atoms with Crippen molar-refractivity contribution in [2.75, 3.05) is 32.1 Å². The highest BCUT2D eigenvalue weighted by Crippen LogP contribution is 3.02. The van der Waals surface area contributed by atoms with Crippen LogP contribution in [0.5, 0.6) is 0 Å². The van der Waals surface area contributed by atoms with Gasteiger partial charge >= 0.3 is 10.2 Å². The minimum Gasteiger partial charge on any atom is -0.378 e. The van der Waals surface area contributed by atoms with Gasteiger partial charge in [0.2, 0.25) is 5.91 Å². The van der Waals surface area contributed by atoms with Crippen LogP contribution in [0.15, 0.2) is 53.4 Å². The molecule has 1 amide bonds. The normalized spacial score (nSPS) is 21.6. The highest BCUT2D eigenvalue weighted by atomic mass is 32.5. The molecule has 2 aromatic rings. The Morgan fingerprint density at radius 3 is 2.13 bits per heavy atom. The van der Waals surface area contributed by atoms with Gasteiger partial charge in [-0.05, 0) is 35.4 Å². The summed E-state index contributed by atoms with van der Waals surface area (Å²) in [5, 5.41) is 5.98. The van der Waals surface area contributed by atoms with Gasteiger partial charge in [0.15, 0.2) is 0 Å². The number of hydrogen-bond acceptors (Lipinski definition) is 3. The van der Waals surface area contributed by atoms with Crippen LogP contribution in [0.3, 0.4) is 0 Å². The predicted molar refractivity (Wildman–Crippen MR) is 110 cm³/mol. The zero-order chi connectivity index (χ0) is 22.2. The minimum atomic E-state index is -9.69. The maximum Gasteiger partial charge on any atom is 0.310 e. The van der Waals surface area contributed by atoms with E-state index in [1.165, 1.54) is 0 Å². The fourth-order valence-corrected chi connectivity index (χ4v) is 4.16. The first-order valence-electron chi connectivity index (χ1n) is 9.33. The van der Waals surface area contributed by atoms with Crippen molar-refractivity contribution in [3.05, 3.63) is 59.7 Å². The van der Waals surface area contributed by atoms with E-state index in [9.17, 15) is 24.2 Å². The predicted octanol–water partition coefficient (Wildman–Crippen LogP) is 4.82. The molecule has 2 N–H and O–H groups in total. The Hall–Kier alpha value is -2.33. The molecule has 0 aromatic heterocycles. The Morgan fingerprint density at radius 2 is 1.60 bits per heavy atom. The van der Waals surface area contributed by atoms with Crippen molar-refractivity contribution in [3.63, 3.8) is 0 Å². The van der Waals surface area contributed by atoms with Gasteiger partial charge < -0.3 is 15.5 Å². The molecule has 0 radical (unpaired) electrons. The highest BCUT2D eigenvalue weighted by Gasteiger charge is 2.65. The van der Waals surface area contributed by atoms with E-state index >= 15 is 0 Å². The molecule has 0 aliphatic carbocycles. The van der Waals surface area contributed by atoms with Crippen molar-refractivity contribution >= 4 is 21.8 Å². The monoisotopic (exact) mass is 449 g/mol. The molecule has 0 bridgehead atoms. The minimum absolute atomic E-state index is 0.167. The van der Waals surface area contributed by atoms with Gasteiger partial charge in [-0.15, -0.1) is 0 Å². The molecule has 2 aromatic carbocycles. The maximum atomic E-state index is 12.9. The molecule has 10 heteroatoms. The van der Waals surface area contributed by atoms with Crippen LogP contribution >= 0.6 is 10.2 Å². The number of anilines is 1. The Kier molecular flexibility index (Phi) is 5.31. The molecule has 30 heavy (non-hydrogen) atoms. The van der Waals surface area contributed by atoms with E-state index in [0.29, 0.717) is 30.8 Å². The van der Waals surface area contributed by atoms with Crippen LogP contribution in [-0.4, -0.2) is 39.1 Å². The molecule has 1 aliphatic heterocycles. The molecule has 3 rings (SSSR count). The third kappa shape index (κ3) is 5.42. The number of amides is 1. The summed E-state index contributed by atoms with van der Waals surface area (Å²) in [6.45, 7) is 0.873. The zero-order valence-electron chi connectivity index (χ0n) is 16.5. The standard InChI is InChI=1S/C20H24F5N3OS/c1-28(2)16-7-3-14(4-8-16)11-20(29)27-19-13-26-12-18(19)15-5-9-17(10-6-15)30(21,22,23,24)25/h3-10,18-19,26H,11-13H2,1-2H3,(H,27,29)/t18-,19+/m0/s1. The molecule has 0 unspecified atom stereocenters. The summed E-state index contributed by atoms with van der Waals surface area (Å²) in [4.78, 5) is 12.5. The van der Waals surface area contributed by atoms with Crippen molar-refractivity contribution in [3.8, 4) is 0 Å². The van der Waals surface area contributed by atoms with Crippen LogP contribution < -0.4 is 15.5 Å². The van der Waals surface area contributed by atoms with Crippen LogP contribution in [0.4, 0.5) is 25.1 Å². The SMILES string of the molecule is CN(C)c1ccc(CC(=O)N[C@@H]2CNC[C@H]2c2ccc(S(F)(F)(F)(F)F)cc2)cc1. The lowest BCUT2D eigenvalue weighted by atomic mass is 9.94. The van der Waals surface area contributed by atoms with E-state index in [1.807, 2.05) is 43.3 Å². The van der Waals surface area contributed by atoms with Gasteiger partial charge in [-0.2, -0.15) is 0 Å². The van der Waals surface area contributed by atoms with Crippen molar-refractivity contribution in [1.29, 1.82) is 0 Å². The molecular formula is C20H24F5N3OS. The van der Waals surface area contributed by atoms with Crippen LogP contribution in [0.1, 0.15) is 17.0 Å². The van der Waals surface area contributed by atoms with E-state index in [-0.39, 0.29) is 24.3 Å². The van der Waals surface area contributed by atoms with Crippen molar-refractivity contribution < 1.29 is 24.2 Å². The summed E-state index contributed by atoms with van der Waals surface area (Å²) < 4.78 is 64.5. The molecule has 1 aliphatic rings. The number of nitrogens with one attached hydrogen (secondary N) is 2. The number of halogens is 5. The molecule has 0 spiro atoms. The van der Waals surface area contributed by atoms with Crippen LogP contribution in [0.2, 0.25) is 0 Å². The lowest BCUT2D eigenvalue weighted by molar-refractivity contribution is -0.121. The van der Waals surface area contributed by atoms with E-state index in [2.05, 4.69) is 10.6 Å². The molecule has 166 valence electrons. The van der Waals surface area contributed by atoms with Gasteiger partial charge in [-0.3, -0.25) is 4.79 Å². The number of carbonyl (C=O) groups is 1. The second kappa shape index (κ2) is 7.12. The third-order valence-corrected chi connectivity index (χ3v) is 6.29. The number of benzene rings is 2. The second-order valence-corrected chi connectivity index (χ2v) is 10.1. The van der Waals surface area contributed by atoms with Gasteiger partial charge in [0.25, 0.3) is 0 Å². The fourth-order valence-electron chi connectivity index (χ4n) is 3.51. The van der Waals surface area contributed by atoms with E-state index in [4.69, 9.17) is 0 Å². The lowest BCUT2D eigenvalue weighted by Crippen LogP contribution is -2.40. The Morgan fingerprint density at radius 1 is 1.00 bits per heavy atom. The molecule has 1 saturated heterocycles. The first-order chi connectivity index (χ1) is 13.7. The van der Waals surface area contributed by atoms with Gasteiger partial charge in [0.1, 0.15) is 4.90 Å². The van der Waals surface area contributed by atoms with E-state index in [1.54, 1.807) is 0 Å². The van der Waals surface area contributed by atoms with Gasteiger partial charge in [0, 0.05) is 44.8 Å². The molecule has 1 fully saturated rings. The fraction of sp³-hybridized carbons (Fsp3) is 0.350. The average molecular weight is 449 g/mol. The molecule has 0 saturated carbocycles. The van der Waals surface area contributed by atoms with Crippen LogP contribution in [-0.2, 0) is 11.2 Å². The number of nitrogens with zero attached hydrogens (tertiary/aromatic N) is 1. The summed E-state index contributed by atoms with van der Waals surface area (Å²) in [7, 11) is -5.86. The van der Waals surface area contributed by atoms with E-state index in [0.717, 1.165) is 23.4 Å².